The molecule has 4 atom stereocenters. The summed E-state index contributed by atoms with van der Waals surface area (Å²) >= 11 is 0. The minimum Gasteiger partial charge on any atom is -0.461 e. The maximum Gasteiger partial charge on any atom is 0.259 e. The Bertz CT molecular complexity index is 494. The Morgan fingerprint density at radius 3 is 2.89 bits per heavy atom. The number of rotatable bonds is 0. The van der Waals surface area contributed by atoms with E-state index in [0.717, 1.165) is 5.57 Å². The molecule has 2 unspecified atom stereocenters. The van der Waals surface area contributed by atoms with Crippen LogP contribution in [0.25, 0.3) is 0 Å². The predicted molar refractivity (Wildman–Crippen MR) is 63.8 cm³/mol. The second kappa shape index (κ2) is 3.40. The molecule has 0 aromatic carbocycles. The number of fused-ring (bicyclic) bond motifs is 7. The lowest BCUT2D eigenvalue weighted by atomic mass is 9.70. The van der Waals surface area contributed by atoms with Crippen molar-refractivity contribution < 1.29 is 24.1 Å². The topological polar surface area (TPSA) is 65.0 Å². The summed E-state index contributed by atoms with van der Waals surface area (Å²) in [5, 5.41) is 10.6. The van der Waals surface area contributed by atoms with Gasteiger partial charge in [-0.05, 0) is 5.41 Å². The third kappa shape index (κ3) is 1.55. The lowest BCUT2D eigenvalue weighted by Crippen LogP contribution is -2.56. The van der Waals surface area contributed by atoms with E-state index in [-0.39, 0.29) is 23.2 Å². The van der Waals surface area contributed by atoms with Crippen molar-refractivity contribution in [3.63, 3.8) is 0 Å². The molecule has 5 heteroatoms. The number of allylic oxidation sites excluding steroid dienone is 1. The SMILES string of the molecule is CC1(C)CC(=O)C2=C(C1)OC1(O)C[C@H]2C2CO[C@@H]1O2. The molecule has 2 fully saturated rings. The molecule has 0 saturated carbocycles. The van der Waals surface area contributed by atoms with Crippen LogP contribution in [0.2, 0.25) is 0 Å². The molecule has 1 N–H and O–H groups in total. The lowest BCUT2D eigenvalue weighted by molar-refractivity contribution is -0.331. The molecule has 4 aliphatic rings. The average molecular weight is 266 g/mol. The van der Waals surface area contributed by atoms with Gasteiger partial charge in [-0.25, -0.2) is 0 Å². The van der Waals surface area contributed by atoms with Crippen molar-refractivity contribution in [3.05, 3.63) is 11.3 Å². The van der Waals surface area contributed by atoms with Crippen LogP contribution in [0.5, 0.6) is 0 Å². The van der Waals surface area contributed by atoms with Crippen LogP contribution in [0.3, 0.4) is 0 Å². The summed E-state index contributed by atoms with van der Waals surface area (Å²) in [5.74, 6) is -0.725. The number of carbonyl (C=O) groups is 1. The Kier molecular flexibility index (Phi) is 2.12. The zero-order valence-corrected chi connectivity index (χ0v) is 11.1. The summed E-state index contributed by atoms with van der Waals surface area (Å²) in [4.78, 5) is 12.4. The fraction of sp³-hybridized carbons (Fsp3) is 0.786. The van der Waals surface area contributed by atoms with Crippen molar-refractivity contribution in [2.75, 3.05) is 6.61 Å². The van der Waals surface area contributed by atoms with Crippen LogP contribution in [0.4, 0.5) is 0 Å². The molecule has 104 valence electrons. The van der Waals surface area contributed by atoms with Crippen molar-refractivity contribution in [1.29, 1.82) is 0 Å². The van der Waals surface area contributed by atoms with E-state index in [4.69, 9.17) is 14.2 Å². The molecule has 4 rings (SSSR count). The van der Waals surface area contributed by atoms with Crippen molar-refractivity contribution >= 4 is 5.78 Å². The quantitative estimate of drug-likeness (QED) is 0.711. The zero-order valence-electron chi connectivity index (χ0n) is 11.1. The molecule has 0 amide bonds. The molecular formula is C14H18O5. The smallest absolute Gasteiger partial charge is 0.259 e. The first-order valence-electron chi connectivity index (χ1n) is 6.83. The number of hydrogen-bond acceptors (Lipinski definition) is 5. The average Bonchev–Trinajstić information content (AvgIpc) is 2.70. The highest BCUT2D eigenvalue weighted by Gasteiger charge is 2.60. The van der Waals surface area contributed by atoms with Gasteiger partial charge in [0.25, 0.3) is 5.79 Å². The first-order valence-corrected chi connectivity index (χ1v) is 6.83. The van der Waals surface area contributed by atoms with Gasteiger partial charge in [-0.2, -0.15) is 0 Å². The van der Waals surface area contributed by atoms with Gasteiger partial charge in [-0.3, -0.25) is 4.79 Å². The van der Waals surface area contributed by atoms with Crippen molar-refractivity contribution in [2.45, 2.75) is 51.3 Å². The van der Waals surface area contributed by atoms with E-state index in [1.54, 1.807) is 0 Å². The van der Waals surface area contributed by atoms with Crippen LogP contribution in [0.1, 0.15) is 33.1 Å². The van der Waals surface area contributed by atoms with Crippen molar-refractivity contribution in [3.8, 4) is 0 Å². The molecular weight excluding hydrogens is 248 g/mol. The number of carbonyl (C=O) groups excluding carboxylic acids is 1. The minimum atomic E-state index is -1.43. The van der Waals surface area contributed by atoms with E-state index in [2.05, 4.69) is 0 Å². The number of hydrogen-bond donors (Lipinski definition) is 1. The van der Waals surface area contributed by atoms with Crippen LogP contribution >= 0.6 is 0 Å². The van der Waals surface area contributed by atoms with E-state index in [1.807, 2.05) is 13.8 Å². The number of ketones is 1. The molecule has 3 heterocycles. The summed E-state index contributed by atoms with van der Waals surface area (Å²) in [6, 6.07) is 0. The molecule has 2 saturated heterocycles. The van der Waals surface area contributed by atoms with Gasteiger partial charge in [-0.15, -0.1) is 0 Å². The third-order valence-electron chi connectivity index (χ3n) is 4.59. The van der Waals surface area contributed by atoms with Gasteiger partial charge in [-0.1, -0.05) is 13.8 Å². The number of aliphatic hydroxyl groups is 1. The van der Waals surface area contributed by atoms with Crippen LogP contribution in [-0.4, -0.2) is 35.7 Å². The molecule has 1 aliphatic carbocycles. The summed E-state index contributed by atoms with van der Waals surface area (Å²) in [6.07, 6.45) is 0.771. The van der Waals surface area contributed by atoms with Gasteiger partial charge < -0.3 is 19.3 Å². The summed E-state index contributed by atoms with van der Waals surface area (Å²) in [6.45, 7) is 4.52. The molecule has 0 spiro atoms. The van der Waals surface area contributed by atoms with Gasteiger partial charge in [0.1, 0.15) is 5.76 Å². The third-order valence-corrected chi connectivity index (χ3v) is 4.59. The highest BCUT2D eigenvalue weighted by Crippen LogP contribution is 2.52. The van der Waals surface area contributed by atoms with Crippen LogP contribution in [-0.2, 0) is 19.0 Å². The number of Topliss-reactive ketones (excluding diaryl/α,β-unsaturated/α-hetero) is 1. The van der Waals surface area contributed by atoms with E-state index in [0.29, 0.717) is 31.6 Å². The van der Waals surface area contributed by atoms with Gasteiger partial charge >= 0.3 is 0 Å². The summed E-state index contributed by atoms with van der Waals surface area (Å²) < 4.78 is 16.8. The standard InChI is InChI=1S/C14H18O5/c1-13(2)4-8(15)11-7-3-14(16,19-9(11)5-13)12-17-6-10(7)18-12/h7,10,12,16H,3-6H2,1-2H3/t7-,10?,12+,14?/m0/s1. The highest BCUT2D eigenvalue weighted by molar-refractivity contribution is 5.98. The molecule has 5 nitrogen and oxygen atoms in total. The van der Waals surface area contributed by atoms with E-state index < -0.39 is 12.1 Å². The Labute approximate surface area is 111 Å². The second-order valence-corrected chi connectivity index (χ2v) is 6.88. The Morgan fingerprint density at radius 1 is 1.32 bits per heavy atom. The van der Waals surface area contributed by atoms with Crippen LogP contribution in [0.15, 0.2) is 11.3 Å². The first kappa shape index (κ1) is 11.9. The molecule has 0 radical (unpaired) electrons. The second-order valence-electron chi connectivity index (χ2n) is 6.88. The number of ether oxygens (including phenoxy) is 3. The van der Waals surface area contributed by atoms with Gasteiger partial charge in [0, 0.05) is 30.8 Å². The van der Waals surface area contributed by atoms with Gasteiger partial charge in [0.15, 0.2) is 5.78 Å². The van der Waals surface area contributed by atoms with E-state index >= 15 is 0 Å². The largest absolute Gasteiger partial charge is 0.461 e. The fourth-order valence-corrected chi connectivity index (χ4v) is 3.78. The molecule has 0 aromatic heterocycles. The molecule has 3 aliphatic heterocycles. The van der Waals surface area contributed by atoms with Crippen molar-refractivity contribution in [1.82, 2.24) is 0 Å². The van der Waals surface area contributed by atoms with Crippen molar-refractivity contribution in [2.24, 2.45) is 11.3 Å². The Hall–Kier alpha value is -0.910. The van der Waals surface area contributed by atoms with E-state index in [1.165, 1.54) is 0 Å². The van der Waals surface area contributed by atoms with E-state index in [9.17, 15) is 9.90 Å². The normalized spacial score (nSPS) is 46.9. The van der Waals surface area contributed by atoms with Gasteiger partial charge in [0.05, 0.1) is 12.7 Å². The van der Waals surface area contributed by atoms with Crippen LogP contribution < -0.4 is 0 Å². The Balaban J connectivity index is 1.81. The highest BCUT2D eigenvalue weighted by atomic mass is 16.8. The van der Waals surface area contributed by atoms with Gasteiger partial charge in [0.2, 0.25) is 6.29 Å². The predicted octanol–water partition coefficient (Wildman–Crippen LogP) is 1.11. The zero-order chi connectivity index (χ0) is 13.4. The maximum absolute atomic E-state index is 12.4. The maximum atomic E-state index is 12.4. The Morgan fingerprint density at radius 2 is 2.11 bits per heavy atom. The molecule has 4 bridgehead atoms. The fourth-order valence-electron chi connectivity index (χ4n) is 3.78. The van der Waals surface area contributed by atoms with Crippen LogP contribution in [0, 0.1) is 11.3 Å². The summed E-state index contributed by atoms with van der Waals surface area (Å²) in [5.41, 5.74) is 0.622. The molecule has 19 heavy (non-hydrogen) atoms. The summed E-state index contributed by atoms with van der Waals surface area (Å²) in [7, 11) is 0. The molecule has 0 aromatic rings. The first-order chi connectivity index (χ1) is 8.88. The monoisotopic (exact) mass is 266 g/mol. The lowest BCUT2D eigenvalue weighted by Gasteiger charge is -2.48. The minimum absolute atomic E-state index is 0.0869.